The van der Waals surface area contributed by atoms with Crippen LogP contribution in [0.1, 0.15) is 5.56 Å². The van der Waals surface area contributed by atoms with E-state index < -0.39 is 21.7 Å². The number of rotatable bonds is 6. The van der Waals surface area contributed by atoms with E-state index in [1.807, 2.05) is 4.83 Å². The van der Waals surface area contributed by atoms with Crippen LogP contribution >= 0.6 is 0 Å². The van der Waals surface area contributed by atoms with E-state index in [0.717, 1.165) is 0 Å². The van der Waals surface area contributed by atoms with Gasteiger partial charge in [-0.2, -0.15) is 0 Å². The van der Waals surface area contributed by atoms with Crippen LogP contribution < -0.4 is 15.0 Å². The molecule has 0 spiro atoms. The molecule has 0 aliphatic carbocycles. The normalized spacial score (nSPS) is 11.0. The number of hydrazine groups is 1. The highest BCUT2D eigenvalue weighted by Gasteiger charge is 2.15. The lowest BCUT2D eigenvalue weighted by Gasteiger charge is -2.09. The Kier molecular flexibility index (Phi) is 5.30. The van der Waals surface area contributed by atoms with Crippen molar-refractivity contribution in [3.8, 4) is 5.75 Å². The molecule has 2 aromatic carbocycles. The summed E-state index contributed by atoms with van der Waals surface area (Å²) in [5.41, 5.74) is 2.67. The second-order valence-corrected chi connectivity index (χ2v) is 6.31. The average Bonchev–Trinajstić information content (AvgIpc) is 2.55. The Morgan fingerprint density at radius 3 is 2.26 bits per heavy atom. The largest absolute Gasteiger partial charge is 0.497 e. The molecule has 0 saturated carbocycles. The Labute approximate surface area is 133 Å². The van der Waals surface area contributed by atoms with Gasteiger partial charge in [0.15, 0.2) is 0 Å². The Balaban J connectivity index is 1.95. The molecule has 0 heterocycles. The molecule has 8 heteroatoms. The van der Waals surface area contributed by atoms with Crippen LogP contribution in [0.3, 0.4) is 0 Å². The van der Waals surface area contributed by atoms with Gasteiger partial charge in [-0.05, 0) is 42.0 Å². The number of amides is 1. The minimum absolute atomic E-state index is 0.0135. The van der Waals surface area contributed by atoms with Crippen LogP contribution in [0.2, 0.25) is 0 Å². The zero-order chi connectivity index (χ0) is 16.9. The Morgan fingerprint density at radius 1 is 1.09 bits per heavy atom. The first kappa shape index (κ1) is 16.9. The molecule has 1 amide bonds. The summed E-state index contributed by atoms with van der Waals surface area (Å²) in [5, 5.41) is 0. The smallest absolute Gasteiger partial charge is 0.257 e. The van der Waals surface area contributed by atoms with E-state index in [9.17, 15) is 17.6 Å². The van der Waals surface area contributed by atoms with E-state index in [1.54, 1.807) is 0 Å². The first-order valence-electron chi connectivity index (χ1n) is 6.60. The summed E-state index contributed by atoms with van der Waals surface area (Å²) in [7, 11) is -2.41. The number of carbonyl (C=O) groups is 1. The van der Waals surface area contributed by atoms with Crippen LogP contribution in [0.15, 0.2) is 53.4 Å². The van der Waals surface area contributed by atoms with Crippen LogP contribution in [-0.2, 0) is 21.2 Å². The third-order valence-electron chi connectivity index (χ3n) is 2.97. The molecule has 122 valence electrons. The van der Waals surface area contributed by atoms with Gasteiger partial charge in [0.1, 0.15) is 11.6 Å². The van der Waals surface area contributed by atoms with Gasteiger partial charge in [-0.3, -0.25) is 10.2 Å². The molecule has 0 radical (unpaired) electrons. The van der Waals surface area contributed by atoms with Gasteiger partial charge in [0.2, 0.25) is 5.91 Å². The van der Waals surface area contributed by atoms with Crippen molar-refractivity contribution < 1.29 is 22.3 Å². The topological polar surface area (TPSA) is 84.5 Å². The van der Waals surface area contributed by atoms with E-state index in [4.69, 9.17) is 4.74 Å². The maximum Gasteiger partial charge on any atom is 0.257 e. The molecule has 0 saturated heterocycles. The van der Waals surface area contributed by atoms with Gasteiger partial charge in [0, 0.05) is 0 Å². The van der Waals surface area contributed by atoms with Crippen LogP contribution in [-0.4, -0.2) is 21.4 Å². The zero-order valence-electron chi connectivity index (χ0n) is 12.2. The van der Waals surface area contributed by atoms with Crippen LogP contribution in [0.5, 0.6) is 5.75 Å². The fourth-order valence-electron chi connectivity index (χ4n) is 1.77. The molecule has 2 aromatic rings. The van der Waals surface area contributed by atoms with Crippen LogP contribution in [0.4, 0.5) is 4.39 Å². The van der Waals surface area contributed by atoms with Crippen molar-refractivity contribution in [3.63, 3.8) is 0 Å². The van der Waals surface area contributed by atoms with Gasteiger partial charge in [-0.1, -0.05) is 12.1 Å². The quantitative estimate of drug-likeness (QED) is 0.780. The molecule has 0 atom stereocenters. The van der Waals surface area contributed by atoms with Gasteiger partial charge in [0.25, 0.3) is 10.0 Å². The number of halogens is 1. The predicted octanol–water partition coefficient (Wildman–Crippen LogP) is 1.39. The standard InChI is InChI=1S/C15H15FN2O4S/c1-22-13-6-8-14(9-7-13)23(20,21)18-17-15(19)10-11-2-4-12(16)5-3-11/h2-9,18H,10H2,1H3,(H,17,19). The molecule has 2 N–H and O–H groups in total. The number of hydrogen-bond donors (Lipinski definition) is 2. The highest BCUT2D eigenvalue weighted by molar-refractivity contribution is 7.89. The number of methoxy groups -OCH3 is 1. The summed E-state index contributed by atoms with van der Waals surface area (Å²) in [6.45, 7) is 0. The molecular formula is C15H15FN2O4S. The fraction of sp³-hybridized carbons (Fsp3) is 0.133. The molecule has 23 heavy (non-hydrogen) atoms. The highest BCUT2D eigenvalue weighted by Crippen LogP contribution is 2.14. The zero-order valence-corrected chi connectivity index (χ0v) is 13.1. The van der Waals surface area contributed by atoms with E-state index in [1.165, 1.54) is 55.6 Å². The van der Waals surface area contributed by atoms with Gasteiger partial charge in [-0.15, -0.1) is 4.83 Å². The Bertz CT molecular complexity index is 774. The highest BCUT2D eigenvalue weighted by atomic mass is 32.2. The second kappa shape index (κ2) is 7.21. The van der Waals surface area contributed by atoms with Crippen LogP contribution in [0.25, 0.3) is 0 Å². The SMILES string of the molecule is COc1ccc(S(=O)(=O)NNC(=O)Cc2ccc(F)cc2)cc1. The summed E-state index contributed by atoms with van der Waals surface area (Å²) in [6, 6.07) is 11.1. The fourth-order valence-corrected chi connectivity index (χ4v) is 2.63. The second-order valence-electron chi connectivity index (χ2n) is 4.63. The van der Waals surface area contributed by atoms with Crippen molar-refractivity contribution >= 4 is 15.9 Å². The minimum atomic E-state index is -3.88. The predicted molar refractivity (Wildman–Crippen MR) is 81.6 cm³/mol. The van der Waals surface area contributed by atoms with Crippen molar-refractivity contribution in [2.24, 2.45) is 0 Å². The molecule has 0 fully saturated rings. The molecule has 0 aliphatic rings. The van der Waals surface area contributed by atoms with Crippen molar-refractivity contribution in [1.82, 2.24) is 10.3 Å². The number of nitrogens with one attached hydrogen (secondary N) is 2. The van der Waals surface area contributed by atoms with Gasteiger partial charge < -0.3 is 4.74 Å². The number of benzene rings is 2. The first-order valence-corrected chi connectivity index (χ1v) is 8.08. The van der Waals surface area contributed by atoms with E-state index >= 15 is 0 Å². The summed E-state index contributed by atoms with van der Waals surface area (Å²) < 4.78 is 41.7. The van der Waals surface area contributed by atoms with E-state index in [2.05, 4.69) is 5.43 Å². The lowest BCUT2D eigenvalue weighted by molar-refractivity contribution is -0.120. The molecule has 0 aromatic heterocycles. The van der Waals surface area contributed by atoms with Crippen molar-refractivity contribution in [1.29, 1.82) is 0 Å². The number of carbonyl (C=O) groups excluding carboxylic acids is 1. The first-order chi connectivity index (χ1) is 10.9. The third kappa shape index (κ3) is 4.76. The number of ether oxygens (including phenoxy) is 1. The van der Waals surface area contributed by atoms with Crippen LogP contribution in [0, 0.1) is 5.82 Å². The molecule has 6 nitrogen and oxygen atoms in total. The molecule has 0 aliphatic heterocycles. The number of sulfonamides is 1. The van der Waals surface area contributed by atoms with Crippen molar-refractivity contribution in [3.05, 3.63) is 59.9 Å². The Hall–Kier alpha value is -2.45. The summed E-state index contributed by atoms with van der Waals surface area (Å²) in [6.07, 6.45) is -0.0780. The molecule has 0 bridgehead atoms. The van der Waals surface area contributed by atoms with Gasteiger partial charge in [0.05, 0.1) is 18.4 Å². The third-order valence-corrected chi connectivity index (χ3v) is 4.24. The molecule has 0 unspecified atom stereocenters. The Morgan fingerprint density at radius 2 is 1.70 bits per heavy atom. The van der Waals surface area contributed by atoms with Gasteiger partial charge in [-0.25, -0.2) is 12.8 Å². The lowest BCUT2D eigenvalue weighted by Crippen LogP contribution is -2.42. The monoisotopic (exact) mass is 338 g/mol. The molecule has 2 rings (SSSR count). The average molecular weight is 338 g/mol. The summed E-state index contributed by atoms with van der Waals surface area (Å²) in [5.74, 6) is -0.452. The number of hydrogen-bond acceptors (Lipinski definition) is 4. The maximum atomic E-state index is 12.8. The van der Waals surface area contributed by atoms with Gasteiger partial charge >= 0.3 is 0 Å². The summed E-state index contributed by atoms with van der Waals surface area (Å²) in [4.78, 5) is 13.7. The molecular weight excluding hydrogens is 323 g/mol. The minimum Gasteiger partial charge on any atom is -0.497 e. The van der Waals surface area contributed by atoms with E-state index in [0.29, 0.717) is 11.3 Å². The van der Waals surface area contributed by atoms with Crippen molar-refractivity contribution in [2.45, 2.75) is 11.3 Å². The van der Waals surface area contributed by atoms with Crippen molar-refractivity contribution in [2.75, 3.05) is 7.11 Å². The van der Waals surface area contributed by atoms with E-state index in [-0.39, 0.29) is 11.3 Å². The lowest BCUT2D eigenvalue weighted by atomic mass is 10.1. The summed E-state index contributed by atoms with van der Waals surface area (Å²) >= 11 is 0. The maximum absolute atomic E-state index is 12.8.